The van der Waals surface area contributed by atoms with Crippen molar-refractivity contribution in [3.8, 4) is 12.3 Å². The van der Waals surface area contributed by atoms with Crippen LogP contribution in [-0.2, 0) is 0 Å². The Morgan fingerprint density at radius 1 is 1.42 bits per heavy atom. The monoisotopic (exact) mass is 171 g/mol. The third kappa shape index (κ3) is 3.22. The van der Waals surface area contributed by atoms with Crippen LogP contribution in [0.25, 0.3) is 0 Å². The van der Waals surface area contributed by atoms with Gasteiger partial charge in [0.1, 0.15) is 0 Å². The Balaban J connectivity index is 3.86. The van der Waals surface area contributed by atoms with E-state index in [4.69, 9.17) is 16.6 Å². The van der Waals surface area contributed by atoms with E-state index < -0.39 is 5.54 Å². The molecule has 0 aliphatic carbocycles. The predicted octanol–water partition coefficient (Wildman–Crippen LogP) is -0.267. The zero-order valence-corrected chi connectivity index (χ0v) is 7.51. The lowest BCUT2D eigenvalue weighted by Gasteiger charge is -2.29. The maximum absolute atomic E-state index is 9.00. The first-order valence-corrected chi connectivity index (χ1v) is 4.15. The van der Waals surface area contributed by atoms with Gasteiger partial charge in [-0.15, -0.1) is 12.3 Å². The van der Waals surface area contributed by atoms with Gasteiger partial charge in [-0.05, 0) is 6.42 Å². The number of aliphatic hydroxyl groups excluding tert-OH is 2. The van der Waals surface area contributed by atoms with Gasteiger partial charge in [0.05, 0.1) is 18.8 Å². The Kier molecular flexibility index (Phi) is 5.73. The Morgan fingerprint density at radius 3 is 2.33 bits per heavy atom. The second kappa shape index (κ2) is 6.01. The number of nitrogens with one attached hydrogen (secondary N) is 1. The molecule has 0 aromatic rings. The van der Waals surface area contributed by atoms with Crippen molar-refractivity contribution >= 4 is 0 Å². The molecule has 0 aliphatic rings. The minimum atomic E-state index is -0.559. The highest BCUT2D eigenvalue weighted by molar-refractivity contribution is 4.89. The molecule has 70 valence electrons. The van der Waals surface area contributed by atoms with Crippen LogP contribution < -0.4 is 5.32 Å². The standard InChI is InChI=1S/C9H17NO2/c1-3-5-6-10-9(4-2,7-11)8-12/h1,10-12H,4-8H2,2H3. The minimum absolute atomic E-state index is 0.0649. The van der Waals surface area contributed by atoms with Crippen LogP contribution in [0, 0.1) is 12.3 Å². The van der Waals surface area contributed by atoms with Gasteiger partial charge in [-0.3, -0.25) is 0 Å². The van der Waals surface area contributed by atoms with Crippen molar-refractivity contribution in [2.45, 2.75) is 25.3 Å². The van der Waals surface area contributed by atoms with E-state index in [1.165, 1.54) is 0 Å². The van der Waals surface area contributed by atoms with Gasteiger partial charge in [-0.25, -0.2) is 0 Å². The van der Waals surface area contributed by atoms with Gasteiger partial charge in [-0.2, -0.15) is 0 Å². The molecule has 3 nitrogen and oxygen atoms in total. The largest absolute Gasteiger partial charge is 0.394 e. The van der Waals surface area contributed by atoms with E-state index in [-0.39, 0.29) is 13.2 Å². The van der Waals surface area contributed by atoms with Crippen LogP contribution in [-0.4, -0.2) is 35.5 Å². The van der Waals surface area contributed by atoms with Crippen LogP contribution in [0.3, 0.4) is 0 Å². The first-order chi connectivity index (χ1) is 5.74. The van der Waals surface area contributed by atoms with Crippen molar-refractivity contribution < 1.29 is 10.2 Å². The molecule has 0 spiro atoms. The fourth-order valence-corrected chi connectivity index (χ4v) is 0.910. The molecule has 0 unspecified atom stereocenters. The molecule has 0 amide bonds. The lowest BCUT2D eigenvalue weighted by atomic mass is 9.98. The van der Waals surface area contributed by atoms with Gasteiger partial charge in [0, 0.05) is 13.0 Å². The zero-order chi connectivity index (χ0) is 9.45. The van der Waals surface area contributed by atoms with Crippen LogP contribution >= 0.6 is 0 Å². The Morgan fingerprint density at radius 2 is 2.00 bits per heavy atom. The van der Waals surface area contributed by atoms with Gasteiger partial charge < -0.3 is 15.5 Å². The van der Waals surface area contributed by atoms with Gasteiger partial charge in [-0.1, -0.05) is 6.92 Å². The second-order valence-electron chi connectivity index (χ2n) is 2.83. The maximum Gasteiger partial charge on any atom is 0.0645 e. The van der Waals surface area contributed by atoms with Crippen molar-refractivity contribution in [1.82, 2.24) is 5.32 Å². The molecular weight excluding hydrogens is 154 g/mol. The average Bonchev–Trinajstić information content (AvgIpc) is 2.14. The van der Waals surface area contributed by atoms with E-state index in [0.717, 1.165) is 0 Å². The number of terminal acetylenes is 1. The fraction of sp³-hybridized carbons (Fsp3) is 0.778. The van der Waals surface area contributed by atoms with Crippen molar-refractivity contribution in [2.75, 3.05) is 19.8 Å². The highest BCUT2D eigenvalue weighted by Crippen LogP contribution is 2.07. The molecule has 0 rings (SSSR count). The highest BCUT2D eigenvalue weighted by atomic mass is 16.3. The maximum atomic E-state index is 9.00. The quantitative estimate of drug-likeness (QED) is 0.381. The predicted molar refractivity (Wildman–Crippen MR) is 48.6 cm³/mol. The Labute approximate surface area is 73.8 Å². The molecular formula is C9H17NO2. The molecule has 3 heteroatoms. The minimum Gasteiger partial charge on any atom is -0.394 e. The van der Waals surface area contributed by atoms with Gasteiger partial charge in [0.25, 0.3) is 0 Å². The molecule has 0 aromatic heterocycles. The first-order valence-electron chi connectivity index (χ1n) is 4.15. The first kappa shape index (κ1) is 11.4. The van der Waals surface area contributed by atoms with Crippen LogP contribution in [0.15, 0.2) is 0 Å². The smallest absolute Gasteiger partial charge is 0.0645 e. The number of hydrogen-bond acceptors (Lipinski definition) is 3. The van der Waals surface area contributed by atoms with Crippen molar-refractivity contribution in [3.63, 3.8) is 0 Å². The van der Waals surface area contributed by atoms with Gasteiger partial charge in [0.2, 0.25) is 0 Å². The van der Waals surface area contributed by atoms with E-state index in [0.29, 0.717) is 19.4 Å². The molecule has 0 atom stereocenters. The van der Waals surface area contributed by atoms with Crippen LogP contribution in [0.4, 0.5) is 0 Å². The molecule has 0 aliphatic heterocycles. The highest BCUT2D eigenvalue weighted by Gasteiger charge is 2.24. The van der Waals surface area contributed by atoms with Crippen LogP contribution in [0.2, 0.25) is 0 Å². The molecule has 0 saturated heterocycles. The summed E-state index contributed by atoms with van der Waals surface area (Å²) >= 11 is 0. The second-order valence-corrected chi connectivity index (χ2v) is 2.83. The number of rotatable bonds is 6. The van der Waals surface area contributed by atoms with Crippen LogP contribution in [0.1, 0.15) is 19.8 Å². The van der Waals surface area contributed by atoms with Gasteiger partial charge in [0.15, 0.2) is 0 Å². The summed E-state index contributed by atoms with van der Waals surface area (Å²) in [6.45, 7) is 2.41. The third-order valence-corrected chi connectivity index (χ3v) is 2.05. The average molecular weight is 171 g/mol. The topological polar surface area (TPSA) is 52.5 Å². The van der Waals surface area contributed by atoms with Crippen molar-refractivity contribution in [3.05, 3.63) is 0 Å². The molecule has 0 bridgehead atoms. The lowest BCUT2D eigenvalue weighted by molar-refractivity contribution is 0.0886. The summed E-state index contributed by atoms with van der Waals surface area (Å²) in [5.41, 5.74) is -0.559. The molecule has 3 N–H and O–H groups in total. The van der Waals surface area contributed by atoms with E-state index in [1.807, 2.05) is 6.92 Å². The molecule has 0 heterocycles. The number of hydrogen-bond donors (Lipinski definition) is 3. The zero-order valence-electron chi connectivity index (χ0n) is 7.51. The summed E-state index contributed by atoms with van der Waals surface area (Å²) in [4.78, 5) is 0. The van der Waals surface area contributed by atoms with E-state index in [9.17, 15) is 0 Å². The summed E-state index contributed by atoms with van der Waals surface area (Å²) in [6.07, 6.45) is 6.37. The van der Waals surface area contributed by atoms with E-state index >= 15 is 0 Å². The van der Waals surface area contributed by atoms with E-state index in [1.54, 1.807) is 0 Å². The van der Waals surface area contributed by atoms with Crippen molar-refractivity contribution in [2.24, 2.45) is 0 Å². The molecule has 0 saturated carbocycles. The number of aliphatic hydroxyl groups is 2. The van der Waals surface area contributed by atoms with Gasteiger partial charge >= 0.3 is 0 Å². The lowest BCUT2D eigenvalue weighted by Crippen LogP contribution is -2.51. The Hall–Kier alpha value is -0.560. The third-order valence-electron chi connectivity index (χ3n) is 2.05. The molecule has 12 heavy (non-hydrogen) atoms. The molecule has 0 radical (unpaired) electrons. The summed E-state index contributed by atoms with van der Waals surface area (Å²) in [5, 5.41) is 21.0. The Bertz CT molecular complexity index is 139. The fourth-order valence-electron chi connectivity index (χ4n) is 0.910. The van der Waals surface area contributed by atoms with Crippen LogP contribution in [0.5, 0.6) is 0 Å². The van der Waals surface area contributed by atoms with Crippen molar-refractivity contribution in [1.29, 1.82) is 0 Å². The van der Waals surface area contributed by atoms with E-state index in [2.05, 4.69) is 11.2 Å². The molecule has 0 aromatic carbocycles. The summed E-state index contributed by atoms with van der Waals surface area (Å²) in [7, 11) is 0. The summed E-state index contributed by atoms with van der Waals surface area (Å²) in [5.74, 6) is 2.49. The summed E-state index contributed by atoms with van der Waals surface area (Å²) in [6, 6.07) is 0. The molecule has 0 fully saturated rings. The normalized spacial score (nSPS) is 11.2. The summed E-state index contributed by atoms with van der Waals surface area (Å²) < 4.78 is 0. The SMILES string of the molecule is C#CCCNC(CC)(CO)CO.